The van der Waals surface area contributed by atoms with Gasteiger partial charge in [0.15, 0.2) is 6.29 Å². The standard InChI is InChI=1S/C40H67NO7/c1-9-45-34(36(5,6)43)26-20-24(2)31-32(47-26)33(42)38(8)28-11-10-27-35(3,4)29(12-14-39(27)23-40(28,39)16-15-37(31,38)7)48-30-21-41(17-19-46-30)25-13-18-44-22-25/h24-34,42-43H,9-23H2,1-8H3/t24-,25+,26-,27+,28+,29+,30+,31+,32+,33+,34+,37-,38-,39-,40+/m1/s1. The van der Waals surface area contributed by atoms with E-state index in [0.717, 1.165) is 52.2 Å². The van der Waals surface area contributed by atoms with Gasteiger partial charge in [0.2, 0.25) is 0 Å². The van der Waals surface area contributed by atoms with Gasteiger partial charge in [-0.2, -0.15) is 0 Å². The minimum atomic E-state index is -1.01. The van der Waals surface area contributed by atoms with Gasteiger partial charge >= 0.3 is 0 Å². The zero-order valence-electron chi connectivity index (χ0n) is 31.3. The van der Waals surface area contributed by atoms with Gasteiger partial charge < -0.3 is 33.9 Å². The number of aliphatic hydroxyl groups excluding tert-OH is 1. The highest BCUT2D eigenvalue weighted by Crippen LogP contribution is 2.89. The van der Waals surface area contributed by atoms with E-state index in [2.05, 4.69) is 39.5 Å². The number of aliphatic hydroxyl groups is 2. The molecule has 48 heavy (non-hydrogen) atoms. The zero-order chi connectivity index (χ0) is 34.1. The first-order chi connectivity index (χ1) is 22.6. The van der Waals surface area contributed by atoms with Gasteiger partial charge in [0.05, 0.1) is 43.2 Å². The van der Waals surface area contributed by atoms with E-state index in [-0.39, 0.29) is 40.8 Å². The summed E-state index contributed by atoms with van der Waals surface area (Å²) >= 11 is 0. The fourth-order valence-corrected chi connectivity index (χ4v) is 14.7. The van der Waals surface area contributed by atoms with E-state index in [1.54, 1.807) is 0 Å². The molecule has 3 aliphatic heterocycles. The fourth-order valence-electron chi connectivity index (χ4n) is 14.7. The van der Waals surface area contributed by atoms with Crippen LogP contribution in [0.5, 0.6) is 0 Å². The summed E-state index contributed by atoms with van der Waals surface area (Å²) in [7, 11) is 0. The number of ether oxygens (including phenoxy) is 5. The molecule has 8 nitrogen and oxygen atoms in total. The van der Waals surface area contributed by atoms with Gasteiger partial charge in [-0.05, 0) is 124 Å². The molecule has 0 amide bonds. The molecule has 0 aromatic carbocycles. The first-order valence-corrected chi connectivity index (χ1v) is 19.9. The molecule has 2 N–H and O–H groups in total. The molecule has 8 fully saturated rings. The molecule has 0 unspecified atom stereocenters. The van der Waals surface area contributed by atoms with Gasteiger partial charge in [-0.15, -0.1) is 0 Å². The molecule has 3 saturated heterocycles. The molecular formula is C40H67NO7. The lowest BCUT2D eigenvalue weighted by Gasteiger charge is -2.64. The van der Waals surface area contributed by atoms with Crippen LogP contribution in [0.25, 0.3) is 0 Å². The Morgan fingerprint density at radius 2 is 1.73 bits per heavy atom. The van der Waals surface area contributed by atoms with E-state index in [0.29, 0.717) is 47.2 Å². The number of nitrogens with zero attached hydrogens (tertiary/aromatic N) is 1. The highest BCUT2D eigenvalue weighted by Gasteiger charge is 2.84. The third-order valence-corrected chi connectivity index (χ3v) is 16.9. The topological polar surface area (TPSA) is 89.9 Å². The molecule has 0 radical (unpaired) electrons. The summed E-state index contributed by atoms with van der Waals surface area (Å²) in [6, 6.07) is 0.504. The Hall–Kier alpha value is -0.320. The number of fused-ring (bicyclic) bond motifs is 4. The molecule has 5 aliphatic carbocycles. The van der Waals surface area contributed by atoms with Crippen molar-refractivity contribution in [3.63, 3.8) is 0 Å². The van der Waals surface area contributed by atoms with E-state index < -0.39 is 17.8 Å². The molecule has 8 aliphatic rings. The maximum Gasteiger partial charge on any atom is 0.170 e. The highest BCUT2D eigenvalue weighted by molar-refractivity contribution is 5.33. The Bertz CT molecular complexity index is 1220. The van der Waals surface area contributed by atoms with Crippen LogP contribution in [-0.2, 0) is 23.7 Å². The van der Waals surface area contributed by atoms with Crippen molar-refractivity contribution < 1.29 is 33.9 Å². The lowest BCUT2D eigenvalue weighted by atomic mass is 9.41. The number of hydrogen-bond donors (Lipinski definition) is 2. The van der Waals surface area contributed by atoms with Crippen LogP contribution in [0.3, 0.4) is 0 Å². The minimum Gasteiger partial charge on any atom is -0.390 e. The molecule has 3 heterocycles. The SMILES string of the molecule is CCO[C@@H]([C@H]1C[C@@H](C)[C@H]2[C@H](O1)[C@H](O)[C@@]1(C)[C@@H]3CC[C@H]4C(C)(C)[C@@H](O[C@H]5CN([C@H]6CCOC6)CCO5)CC[C@@]45C[C@@]35CC[C@]21C)C(C)(C)O. The first-order valence-electron chi connectivity index (χ1n) is 19.9. The Morgan fingerprint density at radius 1 is 0.979 bits per heavy atom. The van der Waals surface area contributed by atoms with Crippen LogP contribution in [-0.4, -0.2) is 103 Å². The highest BCUT2D eigenvalue weighted by atomic mass is 16.7. The zero-order valence-corrected chi connectivity index (χ0v) is 31.3. The van der Waals surface area contributed by atoms with Crippen LogP contribution in [0.4, 0.5) is 0 Å². The minimum absolute atomic E-state index is 0.0221. The maximum absolute atomic E-state index is 12.6. The molecule has 5 saturated carbocycles. The van der Waals surface area contributed by atoms with Crippen molar-refractivity contribution >= 4 is 0 Å². The van der Waals surface area contributed by atoms with Crippen molar-refractivity contribution in [3.8, 4) is 0 Å². The largest absolute Gasteiger partial charge is 0.390 e. The third kappa shape index (κ3) is 4.67. The van der Waals surface area contributed by atoms with Crippen molar-refractivity contribution in [2.45, 2.75) is 162 Å². The van der Waals surface area contributed by atoms with Crippen molar-refractivity contribution in [3.05, 3.63) is 0 Å². The van der Waals surface area contributed by atoms with Crippen molar-refractivity contribution in [2.24, 2.45) is 50.7 Å². The molecule has 2 spiro atoms. The molecule has 0 bridgehead atoms. The van der Waals surface area contributed by atoms with E-state index in [4.69, 9.17) is 23.7 Å². The molecule has 8 rings (SSSR count). The van der Waals surface area contributed by atoms with E-state index in [1.165, 1.54) is 38.5 Å². The molecule has 0 aromatic heterocycles. The normalized spacial score (nSPS) is 53.6. The first kappa shape index (κ1) is 34.7. The Morgan fingerprint density at radius 3 is 2.44 bits per heavy atom. The predicted octanol–water partition coefficient (Wildman–Crippen LogP) is 5.81. The van der Waals surface area contributed by atoms with Gasteiger partial charge in [-0.25, -0.2) is 0 Å². The summed E-state index contributed by atoms with van der Waals surface area (Å²) in [4.78, 5) is 2.54. The molecule has 274 valence electrons. The summed E-state index contributed by atoms with van der Waals surface area (Å²) < 4.78 is 32.0. The third-order valence-electron chi connectivity index (χ3n) is 16.9. The van der Waals surface area contributed by atoms with Gasteiger partial charge in [0.25, 0.3) is 0 Å². The van der Waals surface area contributed by atoms with E-state index >= 15 is 0 Å². The van der Waals surface area contributed by atoms with E-state index in [9.17, 15) is 10.2 Å². The van der Waals surface area contributed by atoms with Crippen LogP contribution in [0.1, 0.15) is 113 Å². The molecule has 8 heteroatoms. The second-order valence-corrected chi connectivity index (χ2v) is 19.5. The Labute approximate surface area is 290 Å². The monoisotopic (exact) mass is 673 g/mol. The summed E-state index contributed by atoms with van der Waals surface area (Å²) in [5.74, 6) is 1.85. The van der Waals surface area contributed by atoms with E-state index in [1.807, 2.05) is 20.8 Å². The van der Waals surface area contributed by atoms with Crippen molar-refractivity contribution in [1.82, 2.24) is 4.90 Å². The van der Waals surface area contributed by atoms with Crippen LogP contribution in [0.2, 0.25) is 0 Å². The smallest absolute Gasteiger partial charge is 0.170 e. The van der Waals surface area contributed by atoms with Gasteiger partial charge in [-0.1, -0.05) is 34.6 Å². The maximum atomic E-state index is 12.6. The van der Waals surface area contributed by atoms with Crippen LogP contribution < -0.4 is 0 Å². The average molecular weight is 674 g/mol. The van der Waals surface area contributed by atoms with Gasteiger partial charge in [-0.3, -0.25) is 4.90 Å². The fraction of sp³-hybridized carbons (Fsp3) is 1.00. The summed E-state index contributed by atoms with van der Waals surface area (Å²) in [5, 5.41) is 23.7. The van der Waals surface area contributed by atoms with Gasteiger partial charge in [0.1, 0.15) is 6.10 Å². The lowest BCUT2D eigenvalue weighted by Crippen LogP contribution is -2.60. The summed E-state index contributed by atoms with van der Waals surface area (Å²) in [5.41, 5.74) is -0.445. The van der Waals surface area contributed by atoms with Crippen molar-refractivity contribution in [1.29, 1.82) is 0 Å². The summed E-state index contributed by atoms with van der Waals surface area (Å²) in [6.45, 7) is 22.8. The van der Waals surface area contributed by atoms with Crippen molar-refractivity contribution in [2.75, 3.05) is 39.5 Å². The average Bonchev–Trinajstić information content (AvgIpc) is 3.29. The second-order valence-electron chi connectivity index (χ2n) is 19.5. The number of morpholine rings is 1. The van der Waals surface area contributed by atoms with Crippen LogP contribution >= 0.6 is 0 Å². The molecular weight excluding hydrogens is 606 g/mol. The summed E-state index contributed by atoms with van der Waals surface area (Å²) in [6.07, 6.45) is 9.18. The van der Waals surface area contributed by atoms with Crippen LogP contribution in [0.15, 0.2) is 0 Å². The predicted molar refractivity (Wildman–Crippen MR) is 183 cm³/mol. The number of hydrogen-bond acceptors (Lipinski definition) is 8. The Kier molecular flexibility index (Phi) is 8.39. The van der Waals surface area contributed by atoms with Crippen LogP contribution in [0, 0.1) is 50.7 Å². The second kappa shape index (κ2) is 11.6. The van der Waals surface area contributed by atoms with Gasteiger partial charge in [0, 0.05) is 37.8 Å². The number of rotatable bonds is 7. The lowest BCUT2D eigenvalue weighted by molar-refractivity contribution is -0.251. The molecule has 0 aromatic rings. The Balaban J connectivity index is 1.02. The molecule has 15 atom stereocenters. The quantitative estimate of drug-likeness (QED) is 0.350.